The van der Waals surface area contributed by atoms with Gasteiger partial charge in [0.25, 0.3) is 0 Å². The van der Waals surface area contributed by atoms with Gasteiger partial charge in [-0.15, -0.1) is 0 Å². The molecule has 0 fully saturated rings. The van der Waals surface area contributed by atoms with E-state index in [4.69, 9.17) is 32.3 Å². The largest absolute Gasteiger partial charge is 0.472 e. The molecule has 5 atom stereocenters. The molecular formula is C111H192O16P2. The van der Waals surface area contributed by atoms with E-state index in [9.17, 15) is 43.5 Å². The molecule has 0 saturated heterocycles. The van der Waals surface area contributed by atoms with Gasteiger partial charge in [-0.2, -0.15) is 0 Å². The van der Waals surface area contributed by atoms with Crippen molar-refractivity contribution in [3.05, 3.63) is 170 Å². The first-order valence-electron chi connectivity index (χ1n) is 52.4. The number of unbranched alkanes of at least 4 members (excludes halogenated alkanes) is 48. The zero-order valence-electron chi connectivity index (χ0n) is 82.3. The van der Waals surface area contributed by atoms with Gasteiger partial charge in [-0.25, -0.2) is 9.13 Å². The number of carbonyl (C=O) groups excluding carboxylic acids is 3. The van der Waals surface area contributed by atoms with Crippen molar-refractivity contribution in [3.8, 4) is 0 Å². The van der Waals surface area contributed by atoms with E-state index in [-0.39, 0.29) is 19.3 Å². The van der Waals surface area contributed by atoms with Crippen LogP contribution >= 0.6 is 15.6 Å². The summed E-state index contributed by atoms with van der Waals surface area (Å²) in [4.78, 5) is 59.3. The summed E-state index contributed by atoms with van der Waals surface area (Å²) in [6.07, 6.45) is 134. The molecule has 0 aromatic carbocycles. The SMILES string of the molecule is CC/C=C\C/C=C\C/C=C\C/C=C\C/C=C\C/C=C\CCCCCCCCCCCCC(=O)OCC(COP(=O)(O)OCC(O)COP(=O)(O)OCC(O)COC(=O)CCCCCCCCCCCCCCCCCCCCC/C=C\C/C=C\C/C=C\C/C=C\CCCCC)OC(=O)CCCCCCCCCCCCCCC/C=C\C/C=C\C/C=C\C/C=C\CCCCC. The van der Waals surface area contributed by atoms with Crippen LogP contribution in [0.15, 0.2) is 170 Å². The zero-order chi connectivity index (χ0) is 93.5. The van der Waals surface area contributed by atoms with Gasteiger partial charge in [-0.3, -0.25) is 32.5 Å². The lowest BCUT2D eigenvalue weighted by Crippen LogP contribution is -2.30. The number of rotatable bonds is 99. The number of carbonyl (C=O) groups is 3. The van der Waals surface area contributed by atoms with Gasteiger partial charge in [0.15, 0.2) is 6.10 Å². The van der Waals surface area contributed by atoms with Gasteiger partial charge < -0.3 is 34.2 Å². The van der Waals surface area contributed by atoms with Crippen molar-refractivity contribution in [3.63, 3.8) is 0 Å². The lowest BCUT2D eigenvalue weighted by atomic mass is 10.0. The maximum absolute atomic E-state index is 13.1. The summed E-state index contributed by atoms with van der Waals surface area (Å²) < 4.78 is 61.7. The lowest BCUT2D eigenvalue weighted by Gasteiger charge is -2.21. The second-order valence-corrected chi connectivity index (χ2v) is 37.9. The number of esters is 3. The van der Waals surface area contributed by atoms with Gasteiger partial charge in [0, 0.05) is 19.3 Å². The molecule has 0 amide bonds. The summed E-state index contributed by atoms with van der Waals surface area (Å²) in [6.45, 7) is 2.59. The van der Waals surface area contributed by atoms with Crippen LogP contribution in [0.3, 0.4) is 0 Å². The fourth-order valence-electron chi connectivity index (χ4n) is 14.5. The van der Waals surface area contributed by atoms with E-state index in [0.717, 1.165) is 161 Å². The zero-order valence-corrected chi connectivity index (χ0v) is 84.1. The summed E-state index contributed by atoms with van der Waals surface area (Å²) in [6, 6.07) is 0. The van der Waals surface area contributed by atoms with Crippen LogP contribution in [0.25, 0.3) is 0 Å². The lowest BCUT2D eigenvalue weighted by molar-refractivity contribution is -0.161. The van der Waals surface area contributed by atoms with Crippen LogP contribution in [0.5, 0.6) is 0 Å². The van der Waals surface area contributed by atoms with Gasteiger partial charge in [0.2, 0.25) is 0 Å². The molecule has 0 radical (unpaired) electrons. The minimum absolute atomic E-state index is 0.0985. The van der Waals surface area contributed by atoms with Gasteiger partial charge in [-0.1, -0.05) is 448 Å². The van der Waals surface area contributed by atoms with E-state index in [1.54, 1.807) is 0 Å². The van der Waals surface area contributed by atoms with Crippen LogP contribution in [-0.4, -0.2) is 95.9 Å². The minimum Gasteiger partial charge on any atom is -0.463 e. The van der Waals surface area contributed by atoms with E-state index < -0.39 is 91.5 Å². The molecule has 129 heavy (non-hydrogen) atoms. The number of aliphatic hydroxyl groups excluding tert-OH is 2. The first-order chi connectivity index (χ1) is 63.2. The van der Waals surface area contributed by atoms with E-state index >= 15 is 0 Å². The molecule has 0 heterocycles. The molecule has 0 aromatic heterocycles. The second-order valence-electron chi connectivity index (χ2n) is 35.0. The predicted molar refractivity (Wildman–Crippen MR) is 546 cm³/mol. The molecule has 0 bridgehead atoms. The molecule has 0 aliphatic heterocycles. The molecule has 0 spiro atoms. The molecule has 742 valence electrons. The number of ether oxygens (including phenoxy) is 3. The third-order valence-electron chi connectivity index (χ3n) is 22.4. The van der Waals surface area contributed by atoms with E-state index in [1.165, 1.54) is 238 Å². The Morgan fingerprint density at radius 3 is 0.651 bits per heavy atom. The highest BCUT2D eigenvalue weighted by Gasteiger charge is 2.30. The minimum atomic E-state index is -4.95. The standard InChI is InChI=1S/C111H192O16P2/c1-4-7-10-13-16-19-22-25-28-31-34-37-40-43-46-49-50-51-52-53-54-57-59-61-64-67-70-73-76-79-82-85-88-91-94-97-109(114)121-100-106(112)101-123-128(117,118)124-102-107(113)103-125-129(119,120)126-105-108(127-111(116)99-96-93-90-87-84-81-78-75-72-69-66-63-60-56-48-45-42-39-36-33-30-27-24-21-18-15-12-9-6-3)104-122-110(115)98-95-92-89-86-83-80-77-74-71-68-65-62-58-55-47-44-41-38-35-32-29-26-23-20-17-14-11-8-5-2/h8,11,16-21,25-30,34-39,43-48,58,62,106-108,112-113H,4-7,9-10,12-15,22-24,31-33,40-42,49-57,59-61,63-105H2,1-3H3,(H,117,118)(H,119,120)/b11-8-,19-16-,20-17-,21-18-,28-25-,29-26-,30-27-,37-34-,38-35-,39-36-,46-43-,47-44-,48-45-,62-58-. The van der Waals surface area contributed by atoms with Crippen molar-refractivity contribution in [2.24, 2.45) is 0 Å². The van der Waals surface area contributed by atoms with Gasteiger partial charge in [0.1, 0.15) is 25.4 Å². The first kappa shape index (κ1) is 124. The molecule has 0 saturated carbocycles. The monoisotopic (exact) mass is 1840 g/mol. The summed E-state index contributed by atoms with van der Waals surface area (Å²) >= 11 is 0. The van der Waals surface area contributed by atoms with Crippen molar-refractivity contribution in [2.45, 2.75) is 476 Å². The third kappa shape index (κ3) is 103. The van der Waals surface area contributed by atoms with Crippen molar-refractivity contribution in [1.82, 2.24) is 0 Å². The number of phosphoric ester groups is 2. The fourth-order valence-corrected chi connectivity index (χ4v) is 16.1. The Kier molecular flexibility index (Phi) is 97.8. The van der Waals surface area contributed by atoms with Crippen LogP contribution in [0, 0.1) is 0 Å². The highest BCUT2D eigenvalue weighted by Crippen LogP contribution is 2.45. The molecular weight excluding hydrogens is 1650 g/mol. The van der Waals surface area contributed by atoms with E-state index in [1.807, 2.05) is 0 Å². The summed E-state index contributed by atoms with van der Waals surface area (Å²) in [5.74, 6) is -1.56. The smallest absolute Gasteiger partial charge is 0.463 e. The molecule has 18 heteroatoms. The second kappa shape index (κ2) is 102. The topological polar surface area (TPSA) is 231 Å². The Labute approximate surface area is 790 Å². The van der Waals surface area contributed by atoms with Crippen LogP contribution < -0.4 is 0 Å². The maximum atomic E-state index is 13.1. The van der Waals surface area contributed by atoms with E-state index in [0.29, 0.717) is 19.3 Å². The quantitative estimate of drug-likeness (QED) is 0.0146. The van der Waals surface area contributed by atoms with Crippen molar-refractivity contribution in [2.75, 3.05) is 39.6 Å². The van der Waals surface area contributed by atoms with Crippen LogP contribution in [0.2, 0.25) is 0 Å². The maximum Gasteiger partial charge on any atom is 0.472 e. The Morgan fingerprint density at radius 2 is 0.411 bits per heavy atom. The Balaban J connectivity index is 4.59. The Hall–Kier alpha value is -5.09. The number of phosphoric acid groups is 2. The number of allylic oxidation sites excluding steroid dienone is 28. The van der Waals surface area contributed by atoms with Crippen LogP contribution in [-0.2, 0) is 55.8 Å². The third-order valence-corrected chi connectivity index (χ3v) is 24.3. The van der Waals surface area contributed by atoms with E-state index in [2.05, 4.69) is 191 Å². The number of aliphatic hydroxyl groups is 2. The Morgan fingerprint density at radius 1 is 0.225 bits per heavy atom. The highest BCUT2D eigenvalue weighted by atomic mass is 31.2. The average Bonchev–Trinajstić information content (AvgIpc) is 0.897. The fraction of sp³-hybridized carbons (Fsp3) is 0.721. The molecule has 0 aliphatic rings. The molecule has 0 aliphatic carbocycles. The summed E-state index contributed by atoms with van der Waals surface area (Å²) in [5, 5.41) is 20.8. The van der Waals surface area contributed by atoms with Gasteiger partial charge in [0.05, 0.1) is 26.4 Å². The normalized spacial score (nSPS) is 14.3. The number of hydrogen-bond acceptors (Lipinski definition) is 14. The molecule has 16 nitrogen and oxygen atoms in total. The van der Waals surface area contributed by atoms with Crippen molar-refractivity contribution >= 4 is 33.6 Å². The Bertz CT molecular complexity index is 3030. The average molecular weight is 1840 g/mol. The van der Waals surface area contributed by atoms with Crippen molar-refractivity contribution in [1.29, 1.82) is 0 Å². The molecule has 5 unspecified atom stereocenters. The van der Waals surface area contributed by atoms with Gasteiger partial charge in [-0.05, 0) is 161 Å². The number of hydrogen-bond donors (Lipinski definition) is 4. The van der Waals surface area contributed by atoms with Crippen molar-refractivity contribution < 1.29 is 75.8 Å². The molecule has 0 aromatic rings. The molecule has 0 rings (SSSR count). The summed E-state index contributed by atoms with van der Waals surface area (Å²) in [5.41, 5.74) is 0. The summed E-state index contributed by atoms with van der Waals surface area (Å²) in [7, 11) is -9.82. The predicted octanol–water partition coefficient (Wildman–Crippen LogP) is 33.3. The molecule has 4 N–H and O–H groups in total. The highest BCUT2D eigenvalue weighted by molar-refractivity contribution is 7.47. The van der Waals surface area contributed by atoms with Gasteiger partial charge >= 0.3 is 33.6 Å². The van der Waals surface area contributed by atoms with Crippen LogP contribution in [0.4, 0.5) is 0 Å². The first-order valence-corrected chi connectivity index (χ1v) is 55.4. The van der Waals surface area contributed by atoms with Crippen LogP contribution in [0.1, 0.15) is 457 Å².